The number of halogens is 1. The van der Waals surface area contributed by atoms with Crippen molar-refractivity contribution >= 4 is 17.4 Å². The zero-order valence-electron chi connectivity index (χ0n) is 10.9. The summed E-state index contributed by atoms with van der Waals surface area (Å²) in [5.41, 5.74) is 1.46. The van der Waals surface area contributed by atoms with Gasteiger partial charge in [0.05, 0.1) is 0 Å². The van der Waals surface area contributed by atoms with Crippen LogP contribution >= 0.6 is 11.6 Å². The van der Waals surface area contributed by atoms with E-state index < -0.39 is 0 Å². The van der Waals surface area contributed by atoms with Crippen molar-refractivity contribution in [3.05, 3.63) is 23.9 Å². The molecule has 0 radical (unpaired) electrons. The van der Waals surface area contributed by atoms with Gasteiger partial charge in [0.15, 0.2) is 0 Å². The highest BCUT2D eigenvalue weighted by Crippen LogP contribution is 2.26. The Kier molecular flexibility index (Phi) is 3.62. The first-order valence-electron chi connectivity index (χ1n) is 6.28. The van der Waals surface area contributed by atoms with Gasteiger partial charge in [0.1, 0.15) is 5.82 Å². The van der Waals surface area contributed by atoms with Crippen LogP contribution in [-0.2, 0) is 5.41 Å². The summed E-state index contributed by atoms with van der Waals surface area (Å²) in [6, 6.07) is 4.33. The lowest BCUT2D eigenvalue weighted by Crippen LogP contribution is -2.21. The van der Waals surface area contributed by atoms with Crippen LogP contribution in [0.3, 0.4) is 0 Å². The molecule has 1 fully saturated rings. The van der Waals surface area contributed by atoms with Gasteiger partial charge in [-0.3, -0.25) is 0 Å². The SMILES string of the molecule is CC(C)(C)c1ccc(N2CCC(CCl)C2)nc1. The fourth-order valence-electron chi connectivity index (χ4n) is 2.18. The molecular weight excluding hydrogens is 232 g/mol. The Labute approximate surface area is 109 Å². The minimum Gasteiger partial charge on any atom is -0.356 e. The van der Waals surface area contributed by atoms with Crippen molar-refractivity contribution in [1.82, 2.24) is 4.98 Å². The summed E-state index contributed by atoms with van der Waals surface area (Å²) in [6.45, 7) is 8.76. The van der Waals surface area contributed by atoms with E-state index >= 15 is 0 Å². The maximum absolute atomic E-state index is 5.90. The van der Waals surface area contributed by atoms with Gasteiger partial charge in [-0.25, -0.2) is 4.98 Å². The van der Waals surface area contributed by atoms with E-state index in [-0.39, 0.29) is 5.41 Å². The van der Waals surface area contributed by atoms with Gasteiger partial charge in [0, 0.05) is 25.2 Å². The van der Waals surface area contributed by atoms with E-state index in [0.29, 0.717) is 5.92 Å². The lowest BCUT2D eigenvalue weighted by molar-refractivity contribution is 0.587. The van der Waals surface area contributed by atoms with Crippen molar-refractivity contribution in [2.24, 2.45) is 5.92 Å². The zero-order valence-corrected chi connectivity index (χ0v) is 11.7. The van der Waals surface area contributed by atoms with Gasteiger partial charge in [-0.05, 0) is 29.4 Å². The molecule has 1 aliphatic rings. The van der Waals surface area contributed by atoms with Gasteiger partial charge in [0.2, 0.25) is 0 Å². The molecule has 1 aromatic heterocycles. The van der Waals surface area contributed by atoms with Crippen LogP contribution in [0.2, 0.25) is 0 Å². The second-order valence-corrected chi connectivity index (χ2v) is 6.22. The Bertz CT molecular complexity index is 367. The number of anilines is 1. The minimum absolute atomic E-state index is 0.176. The van der Waals surface area contributed by atoms with E-state index in [1.54, 1.807) is 0 Å². The molecule has 2 nitrogen and oxygen atoms in total. The van der Waals surface area contributed by atoms with Crippen LogP contribution in [0.25, 0.3) is 0 Å². The van der Waals surface area contributed by atoms with Crippen molar-refractivity contribution in [3.8, 4) is 0 Å². The van der Waals surface area contributed by atoms with E-state index in [4.69, 9.17) is 11.6 Å². The number of hydrogen-bond acceptors (Lipinski definition) is 2. The summed E-state index contributed by atoms with van der Waals surface area (Å²) >= 11 is 5.90. The first-order valence-corrected chi connectivity index (χ1v) is 6.81. The molecule has 0 amide bonds. The average molecular weight is 253 g/mol. The Morgan fingerprint density at radius 2 is 2.18 bits per heavy atom. The highest BCUT2D eigenvalue weighted by atomic mass is 35.5. The summed E-state index contributed by atoms with van der Waals surface area (Å²) in [7, 11) is 0. The predicted octanol–water partition coefficient (Wildman–Crippen LogP) is 3.44. The Hall–Kier alpha value is -0.760. The van der Waals surface area contributed by atoms with Crippen LogP contribution in [0, 0.1) is 5.92 Å². The van der Waals surface area contributed by atoms with E-state index in [1.807, 2.05) is 6.20 Å². The third-order valence-electron chi connectivity index (χ3n) is 3.44. The van der Waals surface area contributed by atoms with Crippen molar-refractivity contribution in [2.45, 2.75) is 32.6 Å². The molecule has 2 rings (SSSR count). The first-order chi connectivity index (χ1) is 8.00. The summed E-state index contributed by atoms with van der Waals surface area (Å²) < 4.78 is 0. The van der Waals surface area contributed by atoms with Gasteiger partial charge >= 0.3 is 0 Å². The lowest BCUT2D eigenvalue weighted by atomic mass is 9.88. The number of hydrogen-bond donors (Lipinski definition) is 0. The fourth-order valence-corrected chi connectivity index (χ4v) is 2.44. The molecule has 1 atom stereocenters. The summed E-state index contributed by atoms with van der Waals surface area (Å²) in [5.74, 6) is 2.47. The normalized spacial score (nSPS) is 20.9. The predicted molar refractivity (Wildman–Crippen MR) is 74.0 cm³/mol. The molecule has 3 heteroatoms. The van der Waals surface area contributed by atoms with Crippen molar-refractivity contribution < 1.29 is 0 Å². The Morgan fingerprint density at radius 3 is 2.65 bits per heavy atom. The highest BCUT2D eigenvalue weighted by molar-refractivity contribution is 6.18. The molecule has 0 aromatic carbocycles. The average Bonchev–Trinajstić information content (AvgIpc) is 2.76. The number of rotatable bonds is 2. The molecule has 0 bridgehead atoms. The number of nitrogens with zero attached hydrogens (tertiary/aromatic N) is 2. The smallest absolute Gasteiger partial charge is 0.128 e. The lowest BCUT2D eigenvalue weighted by Gasteiger charge is -2.21. The van der Waals surface area contributed by atoms with E-state index in [1.165, 1.54) is 12.0 Å². The van der Waals surface area contributed by atoms with Crippen molar-refractivity contribution in [2.75, 3.05) is 23.9 Å². The Balaban J connectivity index is 2.09. The topological polar surface area (TPSA) is 16.1 Å². The van der Waals surface area contributed by atoms with Crippen LogP contribution in [0.4, 0.5) is 5.82 Å². The summed E-state index contributed by atoms with van der Waals surface area (Å²) in [5, 5.41) is 0. The van der Waals surface area contributed by atoms with Crippen LogP contribution in [-0.4, -0.2) is 24.0 Å². The first kappa shape index (κ1) is 12.7. The summed E-state index contributed by atoms with van der Waals surface area (Å²) in [4.78, 5) is 6.91. The van der Waals surface area contributed by atoms with E-state index in [9.17, 15) is 0 Å². The molecule has 1 saturated heterocycles. The van der Waals surface area contributed by atoms with Gasteiger partial charge in [-0.2, -0.15) is 0 Å². The molecular formula is C14H21ClN2. The minimum atomic E-state index is 0.176. The molecule has 0 N–H and O–H groups in total. The number of aromatic nitrogens is 1. The van der Waals surface area contributed by atoms with Crippen LogP contribution in [0.15, 0.2) is 18.3 Å². The molecule has 1 unspecified atom stereocenters. The molecule has 0 spiro atoms. The maximum atomic E-state index is 5.90. The molecule has 1 aliphatic heterocycles. The Morgan fingerprint density at radius 1 is 1.41 bits per heavy atom. The maximum Gasteiger partial charge on any atom is 0.128 e. The summed E-state index contributed by atoms with van der Waals surface area (Å²) in [6.07, 6.45) is 3.19. The molecule has 0 aliphatic carbocycles. The molecule has 0 saturated carbocycles. The van der Waals surface area contributed by atoms with E-state index in [0.717, 1.165) is 24.8 Å². The van der Waals surface area contributed by atoms with Crippen LogP contribution < -0.4 is 4.90 Å². The number of alkyl halides is 1. The van der Waals surface area contributed by atoms with Gasteiger partial charge < -0.3 is 4.90 Å². The second-order valence-electron chi connectivity index (χ2n) is 5.91. The van der Waals surface area contributed by atoms with Gasteiger partial charge in [0.25, 0.3) is 0 Å². The van der Waals surface area contributed by atoms with Crippen LogP contribution in [0.1, 0.15) is 32.8 Å². The second kappa shape index (κ2) is 4.85. The molecule has 1 aromatic rings. The monoisotopic (exact) mass is 252 g/mol. The quantitative estimate of drug-likeness (QED) is 0.750. The largest absolute Gasteiger partial charge is 0.356 e. The standard InChI is InChI=1S/C14H21ClN2/c1-14(2,3)12-4-5-13(16-9-12)17-7-6-11(8-15)10-17/h4-5,9,11H,6-8,10H2,1-3H3. The van der Waals surface area contributed by atoms with Crippen molar-refractivity contribution in [3.63, 3.8) is 0 Å². The van der Waals surface area contributed by atoms with Crippen molar-refractivity contribution in [1.29, 1.82) is 0 Å². The van der Waals surface area contributed by atoms with Gasteiger partial charge in [-0.15, -0.1) is 11.6 Å². The zero-order chi connectivity index (χ0) is 12.5. The fraction of sp³-hybridized carbons (Fsp3) is 0.643. The molecule has 94 valence electrons. The van der Waals surface area contributed by atoms with Crippen LogP contribution in [0.5, 0.6) is 0 Å². The highest BCUT2D eigenvalue weighted by Gasteiger charge is 2.23. The third kappa shape index (κ3) is 2.92. The number of pyridine rings is 1. The molecule has 17 heavy (non-hydrogen) atoms. The third-order valence-corrected chi connectivity index (χ3v) is 3.88. The van der Waals surface area contributed by atoms with E-state index in [2.05, 4.69) is 42.8 Å². The molecule has 2 heterocycles. The van der Waals surface area contributed by atoms with Gasteiger partial charge in [-0.1, -0.05) is 26.8 Å².